The molecule has 1 atom stereocenters. The summed E-state index contributed by atoms with van der Waals surface area (Å²) in [6.07, 6.45) is 1.68. The third-order valence-corrected chi connectivity index (χ3v) is 4.20. The average molecular weight is 309 g/mol. The summed E-state index contributed by atoms with van der Waals surface area (Å²) in [6.45, 7) is 4.09. The van der Waals surface area contributed by atoms with Crippen LogP contribution in [0.3, 0.4) is 0 Å². The molecule has 0 saturated carbocycles. The van der Waals surface area contributed by atoms with Gasteiger partial charge in [-0.05, 0) is 32.0 Å². The second-order valence-electron chi connectivity index (χ2n) is 5.01. The molecular weight excluding hydrogens is 289 g/mol. The first-order valence-electron chi connectivity index (χ1n) is 6.78. The molecule has 0 aliphatic rings. The molecule has 0 fully saturated rings. The summed E-state index contributed by atoms with van der Waals surface area (Å²) in [5.41, 5.74) is 7.16. The number of nitrogens with two attached hydrogens (primary N) is 1. The number of hydrogen-bond acceptors (Lipinski definition) is 4. The number of benzene rings is 1. The normalized spacial score (nSPS) is 12.7. The molecule has 4 nitrogen and oxygen atoms in total. The van der Waals surface area contributed by atoms with Crippen LogP contribution in [0.25, 0.3) is 0 Å². The molecule has 2 aromatic rings. The minimum atomic E-state index is -0.238. The van der Waals surface area contributed by atoms with E-state index in [4.69, 9.17) is 10.5 Å². The number of nitrogens with zero attached hydrogens (tertiary/aromatic N) is 2. The van der Waals surface area contributed by atoms with Gasteiger partial charge in [0.25, 0.3) is 0 Å². The summed E-state index contributed by atoms with van der Waals surface area (Å²) < 4.78 is 20.4. The van der Waals surface area contributed by atoms with Crippen molar-refractivity contribution >= 4 is 11.8 Å². The molecule has 0 amide bonds. The minimum Gasteiger partial charge on any atom is -0.493 e. The van der Waals surface area contributed by atoms with Gasteiger partial charge in [-0.1, -0.05) is 6.07 Å². The van der Waals surface area contributed by atoms with Gasteiger partial charge in [0.2, 0.25) is 0 Å². The summed E-state index contributed by atoms with van der Waals surface area (Å²) in [5.74, 6) is 1.08. The Balaban J connectivity index is 2.13. The molecule has 1 aromatic heterocycles. The van der Waals surface area contributed by atoms with Crippen LogP contribution < -0.4 is 10.5 Å². The molecule has 0 aliphatic heterocycles. The van der Waals surface area contributed by atoms with E-state index in [9.17, 15) is 4.39 Å². The monoisotopic (exact) mass is 309 g/mol. The van der Waals surface area contributed by atoms with Crippen LogP contribution in [0.1, 0.15) is 31.6 Å². The van der Waals surface area contributed by atoms with Gasteiger partial charge in [0.15, 0.2) is 5.75 Å². The largest absolute Gasteiger partial charge is 0.493 e. The first-order valence-corrected chi connectivity index (χ1v) is 7.76. The number of aromatic nitrogens is 2. The first-order chi connectivity index (χ1) is 10.0. The van der Waals surface area contributed by atoms with Crippen LogP contribution >= 0.6 is 11.8 Å². The second kappa shape index (κ2) is 6.95. The van der Waals surface area contributed by atoms with Crippen LogP contribution in [0, 0.1) is 5.82 Å². The molecule has 2 rings (SSSR count). The average Bonchev–Trinajstić information content (AvgIpc) is 2.89. The van der Waals surface area contributed by atoms with Gasteiger partial charge in [-0.2, -0.15) is 5.10 Å². The van der Waals surface area contributed by atoms with E-state index in [1.165, 1.54) is 23.9 Å². The Kier molecular flexibility index (Phi) is 5.25. The lowest BCUT2D eigenvalue weighted by atomic mass is 10.2. The van der Waals surface area contributed by atoms with Crippen LogP contribution in [0.4, 0.5) is 4.39 Å². The highest BCUT2D eigenvalue weighted by Gasteiger charge is 2.20. The summed E-state index contributed by atoms with van der Waals surface area (Å²) in [6, 6.07) is 6.47. The fourth-order valence-electron chi connectivity index (χ4n) is 2.10. The van der Waals surface area contributed by atoms with Gasteiger partial charge in [0.1, 0.15) is 5.82 Å². The van der Waals surface area contributed by atoms with E-state index in [-0.39, 0.29) is 17.9 Å². The highest BCUT2D eigenvalue weighted by Crippen LogP contribution is 2.30. The van der Waals surface area contributed by atoms with Crippen molar-refractivity contribution in [1.29, 1.82) is 0 Å². The van der Waals surface area contributed by atoms with Gasteiger partial charge in [-0.3, -0.25) is 4.68 Å². The van der Waals surface area contributed by atoms with Crippen LogP contribution in [-0.2, 0) is 0 Å². The standard InChI is InChI=1S/C15H20FN3OS/c1-10(2)19-15(14(20-3)8-18-19)13(17)9-21-12-6-4-5-11(16)7-12/h4-8,10,13H,9,17H2,1-3H3. The SMILES string of the molecule is COc1cnn(C(C)C)c1C(N)CSc1cccc(F)c1. The number of methoxy groups -OCH3 is 1. The Morgan fingerprint density at radius 1 is 1.43 bits per heavy atom. The van der Waals surface area contributed by atoms with Crippen molar-refractivity contribution in [3.8, 4) is 5.75 Å². The Bertz CT molecular complexity index is 600. The van der Waals surface area contributed by atoms with Crippen molar-refractivity contribution in [1.82, 2.24) is 9.78 Å². The summed E-state index contributed by atoms with van der Waals surface area (Å²) in [4.78, 5) is 0.861. The van der Waals surface area contributed by atoms with E-state index in [0.717, 1.165) is 10.6 Å². The van der Waals surface area contributed by atoms with Gasteiger partial charge in [-0.25, -0.2) is 4.39 Å². The van der Waals surface area contributed by atoms with Gasteiger partial charge < -0.3 is 10.5 Å². The Morgan fingerprint density at radius 3 is 2.81 bits per heavy atom. The number of rotatable bonds is 6. The van der Waals surface area contributed by atoms with Gasteiger partial charge in [0.05, 0.1) is 25.0 Å². The first kappa shape index (κ1) is 15.9. The van der Waals surface area contributed by atoms with Crippen molar-refractivity contribution in [2.45, 2.75) is 30.8 Å². The van der Waals surface area contributed by atoms with E-state index in [1.807, 2.05) is 24.6 Å². The van der Waals surface area contributed by atoms with Crippen molar-refractivity contribution < 1.29 is 9.13 Å². The topological polar surface area (TPSA) is 53.1 Å². The van der Waals surface area contributed by atoms with Crippen molar-refractivity contribution in [2.24, 2.45) is 5.73 Å². The van der Waals surface area contributed by atoms with E-state index in [1.54, 1.807) is 19.4 Å². The molecule has 21 heavy (non-hydrogen) atoms. The van der Waals surface area contributed by atoms with Crippen LogP contribution in [0.2, 0.25) is 0 Å². The predicted molar refractivity (Wildman–Crippen MR) is 83.2 cm³/mol. The van der Waals surface area contributed by atoms with Crippen molar-refractivity contribution in [3.05, 3.63) is 42.0 Å². The number of hydrogen-bond donors (Lipinski definition) is 1. The summed E-state index contributed by atoms with van der Waals surface area (Å²) in [7, 11) is 1.61. The summed E-state index contributed by atoms with van der Waals surface area (Å²) >= 11 is 1.52. The quantitative estimate of drug-likeness (QED) is 0.831. The van der Waals surface area contributed by atoms with Crippen LogP contribution in [0.5, 0.6) is 5.75 Å². The highest BCUT2D eigenvalue weighted by atomic mass is 32.2. The number of thioether (sulfide) groups is 1. The smallest absolute Gasteiger partial charge is 0.161 e. The molecule has 0 spiro atoms. The van der Waals surface area contributed by atoms with Gasteiger partial charge in [-0.15, -0.1) is 11.8 Å². The van der Waals surface area contributed by atoms with Crippen LogP contribution in [0.15, 0.2) is 35.4 Å². The molecular formula is C15H20FN3OS. The third-order valence-electron chi connectivity index (χ3n) is 3.08. The molecule has 1 unspecified atom stereocenters. The third kappa shape index (κ3) is 3.77. The minimum absolute atomic E-state index is 0.203. The fourth-order valence-corrected chi connectivity index (χ4v) is 3.00. The molecule has 0 radical (unpaired) electrons. The molecule has 0 saturated heterocycles. The number of ether oxygens (including phenoxy) is 1. The van der Waals surface area contributed by atoms with Crippen molar-refractivity contribution in [3.63, 3.8) is 0 Å². The maximum absolute atomic E-state index is 13.2. The lowest BCUT2D eigenvalue weighted by Gasteiger charge is -2.17. The molecule has 1 aromatic carbocycles. The van der Waals surface area contributed by atoms with E-state index < -0.39 is 0 Å². The number of halogens is 1. The molecule has 2 N–H and O–H groups in total. The lowest BCUT2D eigenvalue weighted by Crippen LogP contribution is -2.20. The Hall–Kier alpha value is -1.53. The maximum Gasteiger partial charge on any atom is 0.161 e. The van der Waals surface area contributed by atoms with E-state index in [2.05, 4.69) is 5.10 Å². The fraction of sp³-hybridized carbons (Fsp3) is 0.400. The zero-order chi connectivity index (χ0) is 15.4. The Morgan fingerprint density at radius 2 is 2.19 bits per heavy atom. The van der Waals surface area contributed by atoms with Crippen LogP contribution in [-0.4, -0.2) is 22.6 Å². The highest BCUT2D eigenvalue weighted by molar-refractivity contribution is 7.99. The van der Waals surface area contributed by atoms with Crippen molar-refractivity contribution in [2.75, 3.05) is 12.9 Å². The van der Waals surface area contributed by atoms with E-state index >= 15 is 0 Å². The molecule has 0 bridgehead atoms. The zero-order valence-corrected chi connectivity index (χ0v) is 13.2. The maximum atomic E-state index is 13.2. The summed E-state index contributed by atoms with van der Waals surface area (Å²) in [5, 5.41) is 4.32. The Labute approximate surface area is 128 Å². The van der Waals surface area contributed by atoms with Gasteiger partial charge in [0, 0.05) is 16.7 Å². The zero-order valence-electron chi connectivity index (χ0n) is 12.4. The lowest BCUT2D eigenvalue weighted by molar-refractivity contribution is 0.399. The molecule has 6 heteroatoms. The molecule has 0 aliphatic carbocycles. The van der Waals surface area contributed by atoms with E-state index in [0.29, 0.717) is 11.5 Å². The predicted octanol–water partition coefficient (Wildman–Crippen LogP) is 3.40. The molecule has 114 valence electrons. The molecule has 1 heterocycles. The second-order valence-corrected chi connectivity index (χ2v) is 6.10. The van der Waals surface area contributed by atoms with Gasteiger partial charge >= 0.3 is 0 Å².